The van der Waals surface area contributed by atoms with Gasteiger partial charge in [0.25, 0.3) is 0 Å². The summed E-state index contributed by atoms with van der Waals surface area (Å²) in [6, 6.07) is 9.92. The summed E-state index contributed by atoms with van der Waals surface area (Å²) in [6.45, 7) is 8.70. The molecule has 1 saturated carbocycles. The number of piperidine rings is 1. The molecule has 0 spiro atoms. The van der Waals surface area contributed by atoms with Crippen molar-refractivity contribution >= 4 is 5.91 Å². The Morgan fingerprint density at radius 3 is 2.46 bits per heavy atom. The first-order valence-electron chi connectivity index (χ1n) is 10.9. The molecule has 1 aromatic rings. The van der Waals surface area contributed by atoms with E-state index in [1.54, 1.807) is 0 Å². The average Bonchev–Trinajstić information content (AvgIpc) is 2.61. The molecule has 1 aliphatic heterocycles. The van der Waals surface area contributed by atoms with Crippen LogP contribution in [0.4, 0.5) is 0 Å². The minimum absolute atomic E-state index is 0.0555. The number of carbonyl (C=O) groups excluding carboxylic acids is 1. The lowest BCUT2D eigenvalue weighted by molar-refractivity contribution is -0.125. The predicted octanol–water partition coefficient (Wildman–Crippen LogP) is 3.64. The second-order valence-electron chi connectivity index (χ2n) is 9.98. The minimum Gasteiger partial charge on any atom is -0.389 e. The summed E-state index contributed by atoms with van der Waals surface area (Å²) in [5.74, 6) is 1.59. The van der Waals surface area contributed by atoms with Crippen LogP contribution in [-0.2, 0) is 11.2 Å². The number of hydrogen-bond acceptors (Lipinski definition) is 3. The molecule has 1 aromatic carbocycles. The normalized spacial score (nSPS) is 27.7. The van der Waals surface area contributed by atoms with E-state index < -0.39 is 5.60 Å². The molecule has 155 valence electrons. The van der Waals surface area contributed by atoms with Crippen LogP contribution in [0, 0.1) is 17.8 Å². The summed E-state index contributed by atoms with van der Waals surface area (Å²) in [7, 11) is 0. The molecule has 28 heavy (non-hydrogen) atoms. The first-order valence-corrected chi connectivity index (χ1v) is 10.9. The number of rotatable bonds is 5. The smallest absolute Gasteiger partial charge is 0.232 e. The number of benzene rings is 1. The zero-order valence-corrected chi connectivity index (χ0v) is 17.9. The molecule has 2 fully saturated rings. The van der Waals surface area contributed by atoms with Crippen molar-refractivity contribution in [3.63, 3.8) is 0 Å². The Morgan fingerprint density at radius 1 is 1.11 bits per heavy atom. The molecule has 0 bridgehead atoms. The van der Waals surface area contributed by atoms with Crippen molar-refractivity contribution in [3.05, 3.63) is 41.8 Å². The fourth-order valence-corrected chi connectivity index (χ4v) is 5.14. The van der Waals surface area contributed by atoms with Crippen molar-refractivity contribution in [2.75, 3.05) is 6.54 Å². The van der Waals surface area contributed by atoms with Crippen molar-refractivity contribution in [1.29, 1.82) is 0 Å². The zero-order valence-electron chi connectivity index (χ0n) is 17.9. The highest BCUT2D eigenvalue weighted by Crippen LogP contribution is 2.42. The van der Waals surface area contributed by atoms with Crippen LogP contribution in [0.1, 0.15) is 65.4 Å². The van der Waals surface area contributed by atoms with Crippen LogP contribution in [0.5, 0.6) is 0 Å². The fourth-order valence-electron chi connectivity index (χ4n) is 5.14. The third-order valence-corrected chi connectivity index (χ3v) is 6.29. The second kappa shape index (κ2) is 8.54. The van der Waals surface area contributed by atoms with Crippen LogP contribution >= 0.6 is 0 Å². The van der Waals surface area contributed by atoms with Crippen LogP contribution in [0.25, 0.3) is 0 Å². The highest BCUT2D eigenvalue weighted by atomic mass is 16.3. The van der Waals surface area contributed by atoms with Crippen LogP contribution < -0.4 is 10.6 Å². The molecule has 3 rings (SSSR count). The molecular weight excluding hydrogens is 348 g/mol. The molecule has 1 heterocycles. The molecule has 1 radical (unpaired) electrons. The van der Waals surface area contributed by atoms with Gasteiger partial charge < -0.3 is 15.7 Å². The molecule has 3 N–H and O–H groups in total. The largest absolute Gasteiger partial charge is 0.389 e. The van der Waals surface area contributed by atoms with Crippen molar-refractivity contribution in [1.82, 2.24) is 10.6 Å². The standard InChI is InChI=1S/C24H37N2O2/c1-23(2,3)26-22(27)20(24(4,28)16-17-10-6-5-7-11-17)21-19-13-9-8-12-18(19)14-15-25-21/h5-7,10-11,18-19,21,25,28H,8-9,12-16H2,1-4H3,(H,26,27). The van der Waals surface area contributed by atoms with Gasteiger partial charge in [0, 0.05) is 18.0 Å². The van der Waals surface area contributed by atoms with Gasteiger partial charge in [-0.2, -0.15) is 0 Å². The number of carbonyl (C=O) groups is 1. The molecular formula is C24H37N2O2. The van der Waals surface area contributed by atoms with Crippen molar-refractivity contribution in [2.45, 2.75) is 83.4 Å². The number of amides is 1. The van der Waals surface area contributed by atoms with Crippen LogP contribution in [0.15, 0.2) is 30.3 Å². The van der Waals surface area contributed by atoms with Crippen molar-refractivity contribution in [3.8, 4) is 0 Å². The van der Waals surface area contributed by atoms with E-state index in [2.05, 4.69) is 10.6 Å². The summed E-state index contributed by atoms with van der Waals surface area (Å²) < 4.78 is 0. The monoisotopic (exact) mass is 385 g/mol. The van der Waals surface area contributed by atoms with E-state index in [9.17, 15) is 9.90 Å². The van der Waals surface area contributed by atoms with E-state index in [0.717, 1.165) is 18.5 Å². The number of nitrogens with one attached hydrogen (secondary N) is 2. The molecule has 4 atom stereocenters. The van der Waals surface area contributed by atoms with E-state index in [4.69, 9.17) is 0 Å². The van der Waals surface area contributed by atoms with Gasteiger partial charge >= 0.3 is 0 Å². The van der Waals surface area contributed by atoms with Gasteiger partial charge in [0.05, 0.1) is 5.60 Å². The van der Waals surface area contributed by atoms with Gasteiger partial charge in [-0.15, -0.1) is 0 Å². The maximum atomic E-state index is 13.4. The molecule has 4 heteroatoms. The van der Waals surface area contributed by atoms with E-state index in [0.29, 0.717) is 24.2 Å². The first kappa shape index (κ1) is 21.3. The Balaban J connectivity index is 1.90. The van der Waals surface area contributed by atoms with Gasteiger partial charge in [-0.05, 0) is 64.5 Å². The van der Waals surface area contributed by atoms with Gasteiger partial charge in [0.15, 0.2) is 0 Å². The van der Waals surface area contributed by atoms with E-state index in [1.165, 1.54) is 25.7 Å². The van der Waals surface area contributed by atoms with E-state index in [1.807, 2.05) is 58.0 Å². The summed E-state index contributed by atoms with van der Waals surface area (Å²) >= 11 is 0. The highest BCUT2D eigenvalue weighted by molar-refractivity contribution is 5.93. The third-order valence-electron chi connectivity index (χ3n) is 6.29. The Labute approximate surface area is 170 Å². The fraction of sp³-hybridized carbons (Fsp3) is 0.667. The molecule has 1 aliphatic carbocycles. The van der Waals surface area contributed by atoms with Crippen molar-refractivity contribution in [2.24, 2.45) is 11.8 Å². The lowest BCUT2D eigenvalue weighted by Gasteiger charge is -2.48. The molecule has 1 saturated heterocycles. The van der Waals surface area contributed by atoms with Crippen LogP contribution in [-0.4, -0.2) is 34.7 Å². The lowest BCUT2D eigenvalue weighted by atomic mass is 9.64. The van der Waals surface area contributed by atoms with Gasteiger partial charge in [-0.1, -0.05) is 49.6 Å². The van der Waals surface area contributed by atoms with Gasteiger partial charge in [0.1, 0.15) is 5.92 Å². The topological polar surface area (TPSA) is 61.4 Å². The third kappa shape index (κ3) is 5.15. The molecule has 1 amide bonds. The highest BCUT2D eigenvalue weighted by Gasteiger charge is 2.50. The van der Waals surface area contributed by atoms with Crippen molar-refractivity contribution < 1.29 is 9.90 Å². The first-order chi connectivity index (χ1) is 13.2. The summed E-state index contributed by atoms with van der Waals surface area (Å²) in [6.07, 6.45) is 6.51. The number of hydrogen-bond donors (Lipinski definition) is 3. The SMILES string of the molecule is CC(C)(C)NC(=O)[C](C1NCCC2CCCCC21)C(C)(O)Cc1ccccc1. The second-order valence-corrected chi connectivity index (χ2v) is 9.98. The zero-order chi connectivity index (χ0) is 20.4. The van der Waals surface area contributed by atoms with Crippen LogP contribution in [0.2, 0.25) is 0 Å². The van der Waals surface area contributed by atoms with E-state index >= 15 is 0 Å². The van der Waals surface area contributed by atoms with Crippen LogP contribution in [0.3, 0.4) is 0 Å². The van der Waals surface area contributed by atoms with E-state index in [-0.39, 0.29) is 17.5 Å². The average molecular weight is 386 g/mol. The minimum atomic E-state index is -1.20. The predicted molar refractivity (Wildman–Crippen MR) is 114 cm³/mol. The number of aliphatic hydroxyl groups is 1. The Kier molecular flexibility index (Phi) is 6.51. The quantitative estimate of drug-likeness (QED) is 0.725. The Hall–Kier alpha value is -1.39. The summed E-state index contributed by atoms with van der Waals surface area (Å²) in [5, 5.41) is 18.3. The summed E-state index contributed by atoms with van der Waals surface area (Å²) in [4.78, 5) is 13.4. The molecule has 4 unspecified atom stereocenters. The lowest BCUT2D eigenvalue weighted by Crippen LogP contribution is -2.61. The Bertz CT molecular complexity index is 648. The van der Waals surface area contributed by atoms with Gasteiger partial charge in [-0.3, -0.25) is 4.79 Å². The molecule has 2 aliphatic rings. The molecule has 0 aromatic heterocycles. The summed E-state index contributed by atoms with van der Waals surface area (Å²) in [5.41, 5.74) is -0.496. The Morgan fingerprint density at radius 2 is 1.79 bits per heavy atom. The van der Waals surface area contributed by atoms with Gasteiger partial charge in [-0.25, -0.2) is 0 Å². The van der Waals surface area contributed by atoms with Gasteiger partial charge in [0.2, 0.25) is 5.91 Å². The maximum Gasteiger partial charge on any atom is 0.232 e. The molecule has 4 nitrogen and oxygen atoms in total. The number of fused-ring (bicyclic) bond motifs is 1. The maximum absolute atomic E-state index is 13.4.